The molecule has 0 bridgehead atoms. The van der Waals surface area contributed by atoms with Gasteiger partial charge in [0, 0.05) is 11.1 Å². The molecule has 1 aliphatic rings. The SMILES string of the molecule is CC(NC(=O)COC(=O)c1cccc(S(=O)(=O)NC2CC2)c1)c1ccc(Cl)cc1. The zero-order valence-electron chi connectivity index (χ0n) is 15.7. The van der Waals surface area contributed by atoms with E-state index in [9.17, 15) is 18.0 Å². The summed E-state index contributed by atoms with van der Waals surface area (Å²) >= 11 is 5.85. The molecule has 0 aliphatic heterocycles. The summed E-state index contributed by atoms with van der Waals surface area (Å²) in [6.07, 6.45) is 1.62. The Hall–Kier alpha value is -2.42. The molecular weight excluding hydrogens is 416 g/mol. The molecule has 1 unspecified atom stereocenters. The van der Waals surface area contributed by atoms with Gasteiger partial charge in [0.15, 0.2) is 6.61 Å². The molecule has 9 heteroatoms. The first-order valence-electron chi connectivity index (χ1n) is 9.09. The van der Waals surface area contributed by atoms with Crippen LogP contribution in [0, 0.1) is 0 Å². The van der Waals surface area contributed by atoms with Crippen LogP contribution in [0.3, 0.4) is 0 Å². The normalized spacial score (nSPS) is 14.8. The topological polar surface area (TPSA) is 102 Å². The van der Waals surface area contributed by atoms with E-state index in [2.05, 4.69) is 10.0 Å². The lowest BCUT2D eigenvalue weighted by Gasteiger charge is -2.14. The molecule has 0 heterocycles. The highest BCUT2D eigenvalue weighted by Gasteiger charge is 2.28. The maximum absolute atomic E-state index is 12.3. The predicted molar refractivity (Wildman–Crippen MR) is 108 cm³/mol. The molecule has 3 rings (SSSR count). The second kappa shape index (κ2) is 8.94. The fraction of sp³-hybridized carbons (Fsp3) is 0.300. The summed E-state index contributed by atoms with van der Waals surface area (Å²) in [6, 6.07) is 12.2. The lowest BCUT2D eigenvalue weighted by molar-refractivity contribution is -0.124. The average Bonchev–Trinajstić information content (AvgIpc) is 3.50. The average molecular weight is 437 g/mol. The van der Waals surface area contributed by atoms with Crippen LogP contribution in [0.25, 0.3) is 0 Å². The van der Waals surface area contributed by atoms with Crippen molar-refractivity contribution in [1.29, 1.82) is 0 Å². The van der Waals surface area contributed by atoms with Crippen LogP contribution >= 0.6 is 11.6 Å². The molecule has 2 aromatic rings. The van der Waals surface area contributed by atoms with E-state index in [-0.39, 0.29) is 22.5 Å². The van der Waals surface area contributed by atoms with Crippen LogP contribution in [-0.4, -0.2) is 32.9 Å². The van der Waals surface area contributed by atoms with Crippen molar-refractivity contribution in [3.05, 3.63) is 64.7 Å². The van der Waals surface area contributed by atoms with Crippen LogP contribution in [0.5, 0.6) is 0 Å². The Balaban J connectivity index is 1.55. The number of halogens is 1. The highest BCUT2D eigenvalue weighted by molar-refractivity contribution is 7.89. The van der Waals surface area contributed by atoms with Gasteiger partial charge in [0.25, 0.3) is 5.91 Å². The lowest BCUT2D eigenvalue weighted by Crippen LogP contribution is -2.31. The summed E-state index contributed by atoms with van der Waals surface area (Å²) in [5, 5.41) is 3.32. The Morgan fingerprint density at radius 2 is 1.86 bits per heavy atom. The van der Waals surface area contributed by atoms with Crippen molar-refractivity contribution >= 4 is 33.5 Å². The summed E-state index contributed by atoms with van der Waals surface area (Å²) in [4.78, 5) is 24.3. The van der Waals surface area contributed by atoms with Gasteiger partial charge >= 0.3 is 5.97 Å². The van der Waals surface area contributed by atoms with Gasteiger partial charge in [0.05, 0.1) is 16.5 Å². The Morgan fingerprint density at radius 1 is 1.17 bits per heavy atom. The number of hydrogen-bond acceptors (Lipinski definition) is 5. The van der Waals surface area contributed by atoms with E-state index in [1.807, 2.05) is 0 Å². The summed E-state index contributed by atoms with van der Waals surface area (Å²) in [5.74, 6) is -1.25. The molecule has 2 N–H and O–H groups in total. The Kier molecular flexibility index (Phi) is 6.56. The number of sulfonamides is 1. The summed E-state index contributed by atoms with van der Waals surface area (Å²) in [5.41, 5.74) is 0.914. The van der Waals surface area contributed by atoms with Gasteiger partial charge in [-0.05, 0) is 55.7 Å². The molecule has 29 heavy (non-hydrogen) atoms. The molecule has 1 fully saturated rings. The van der Waals surface area contributed by atoms with Crippen molar-refractivity contribution in [3.63, 3.8) is 0 Å². The van der Waals surface area contributed by atoms with E-state index >= 15 is 0 Å². The Morgan fingerprint density at radius 3 is 2.52 bits per heavy atom. The third-order valence-electron chi connectivity index (χ3n) is 4.36. The molecule has 1 aliphatic carbocycles. The summed E-state index contributed by atoms with van der Waals surface area (Å²) in [6.45, 7) is 1.32. The number of carbonyl (C=O) groups is 2. The fourth-order valence-corrected chi connectivity index (χ4v) is 4.09. The summed E-state index contributed by atoms with van der Waals surface area (Å²) in [7, 11) is -3.68. The van der Waals surface area contributed by atoms with Gasteiger partial charge in [-0.15, -0.1) is 0 Å². The molecule has 2 aromatic carbocycles. The maximum atomic E-state index is 12.3. The first-order valence-corrected chi connectivity index (χ1v) is 10.9. The molecule has 7 nitrogen and oxygen atoms in total. The van der Waals surface area contributed by atoms with Gasteiger partial charge < -0.3 is 10.1 Å². The largest absolute Gasteiger partial charge is 0.452 e. The van der Waals surface area contributed by atoms with Crippen molar-refractivity contribution in [2.24, 2.45) is 0 Å². The molecule has 0 radical (unpaired) electrons. The van der Waals surface area contributed by atoms with E-state index < -0.39 is 28.5 Å². The van der Waals surface area contributed by atoms with Gasteiger partial charge in [0.2, 0.25) is 10.0 Å². The van der Waals surface area contributed by atoms with Gasteiger partial charge in [0.1, 0.15) is 0 Å². The zero-order chi connectivity index (χ0) is 21.0. The molecule has 0 saturated heterocycles. The fourth-order valence-electron chi connectivity index (χ4n) is 2.61. The van der Waals surface area contributed by atoms with Crippen molar-refractivity contribution in [2.75, 3.05) is 6.61 Å². The van der Waals surface area contributed by atoms with Gasteiger partial charge in [-0.2, -0.15) is 0 Å². The molecule has 1 amide bonds. The van der Waals surface area contributed by atoms with Crippen LogP contribution in [0.1, 0.15) is 41.7 Å². The number of esters is 1. The Labute approximate surface area is 174 Å². The van der Waals surface area contributed by atoms with Crippen LogP contribution in [-0.2, 0) is 19.6 Å². The minimum absolute atomic E-state index is 0.0142. The third kappa shape index (κ3) is 6.03. The molecule has 154 valence electrons. The van der Waals surface area contributed by atoms with Crippen molar-refractivity contribution in [1.82, 2.24) is 10.0 Å². The van der Waals surface area contributed by atoms with Gasteiger partial charge in [-0.25, -0.2) is 17.9 Å². The number of carbonyl (C=O) groups excluding carboxylic acids is 2. The Bertz CT molecular complexity index is 1000. The van der Waals surface area contributed by atoms with E-state index in [1.54, 1.807) is 31.2 Å². The number of benzene rings is 2. The second-order valence-corrected chi connectivity index (χ2v) is 8.99. The van der Waals surface area contributed by atoms with Gasteiger partial charge in [-0.1, -0.05) is 29.8 Å². The molecular formula is C20H21ClN2O5S. The second-order valence-electron chi connectivity index (χ2n) is 6.84. The molecule has 1 atom stereocenters. The predicted octanol–water partition coefficient (Wildman–Crippen LogP) is 2.81. The highest BCUT2D eigenvalue weighted by Crippen LogP contribution is 2.22. The quantitative estimate of drug-likeness (QED) is 0.619. The monoisotopic (exact) mass is 436 g/mol. The first-order chi connectivity index (χ1) is 13.7. The van der Waals surface area contributed by atoms with E-state index in [1.165, 1.54) is 24.3 Å². The van der Waals surface area contributed by atoms with E-state index in [4.69, 9.17) is 16.3 Å². The summed E-state index contributed by atoms with van der Waals surface area (Å²) < 4.78 is 32.1. The molecule has 0 spiro atoms. The standard InChI is InChI=1S/C20H21ClN2O5S/c1-13(14-5-7-16(21)8-6-14)22-19(24)12-28-20(25)15-3-2-4-18(11-15)29(26,27)23-17-9-10-17/h2-8,11,13,17,23H,9-10,12H2,1H3,(H,22,24). The van der Waals surface area contributed by atoms with Gasteiger partial charge in [-0.3, -0.25) is 4.79 Å². The van der Waals surface area contributed by atoms with Crippen molar-refractivity contribution in [3.8, 4) is 0 Å². The van der Waals surface area contributed by atoms with Crippen LogP contribution < -0.4 is 10.0 Å². The van der Waals surface area contributed by atoms with E-state index in [0.717, 1.165) is 18.4 Å². The van der Waals surface area contributed by atoms with Crippen molar-refractivity contribution in [2.45, 2.75) is 36.7 Å². The minimum atomic E-state index is -3.68. The van der Waals surface area contributed by atoms with Crippen LogP contribution in [0.15, 0.2) is 53.4 Å². The number of amides is 1. The number of hydrogen-bond donors (Lipinski definition) is 2. The van der Waals surface area contributed by atoms with E-state index in [0.29, 0.717) is 5.02 Å². The molecule has 1 saturated carbocycles. The van der Waals surface area contributed by atoms with Crippen LogP contribution in [0.4, 0.5) is 0 Å². The molecule has 0 aromatic heterocycles. The number of rotatable bonds is 8. The lowest BCUT2D eigenvalue weighted by atomic mass is 10.1. The first kappa shape index (κ1) is 21.3. The van der Waals surface area contributed by atoms with Crippen molar-refractivity contribution < 1.29 is 22.7 Å². The highest BCUT2D eigenvalue weighted by atomic mass is 35.5. The number of nitrogens with one attached hydrogen (secondary N) is 2. The maximum Gasteiger partial charge on any atom is 0.338 e. The van der Waals surface area contributed by atoms with Crippen LogP contribution in [0.2, 0.25) is 5.02 Å². The zero-order valence-corrected chi connectivity index (χ0v) is 17.3. The minimum Gasteiger partial charge on any atom is -0.452 e. The smallest absolute Gasteiger partial charge is 0.338 e. The third-order valence-corrected chi connectivity index (χ3v) is 6.13. The number of ether oxygens (including phenoxy) is 1.